The molecule has 0 saturated carbocycles. The van der Waals surface area contributed by atoms with Crippen LogP contribution in [0.25, 0.3) is 0 Å². The van der Waals surface area contributed by atoms with Gasteiger partial charge in [0.05, 0.1) is 6.61 Å². The summed E-state index contributed by atoms with van der Waals surface area (Å²) in [5.74, 6) is -0.300. The van der Waals surface area contributed by atoms with Gasteiger partial charge >= 0.3 is 7.12 Å². The van der Waals surface area contributed by atoms with Gasteiger partial charge in [-0.2, -0.15) is 0 Å². The van der Waals surface area contributed by atoms with E-state index in [0.717, 1.165) is 16.7 Å². The Morgan fingerprint density at radius 3 is 2.36 bits per heavy atom. The first-order chi connectivity index (χ1) is 10.5. The Kier molecular flexibility index (Phi) is 5.33. The summed E-state index contributed by atoms with van der Waals surface area (Å²) in [5.41, 5.74) is 6.33. The highest BCUT2D eigenvalue weighted by Crippen LogP contribution is 2.09. The third-order valence-electron chi connectivity index (χ3n) is 3.45. The molecular weight excluding hydrogens is 281 g/mol. The highest BCUT2D eigenvalue weighted by Gasteiger charge is 2.10. The second-order valence-corrected chi connectivity index (χ2v) is 5.13. The predicted molar refractivity (Wildman–Crippen MR) is 84.4 cm³/mol. The molecular formula is C16H18BNO4. The van der Waals surface area contributed by atoms with Crippen LogP contribution in [-0.4, -0.2) is 23.1 Å². The fourth-order valence-electron chi connectivity index (χ4n) is 1.91. The highest BCUT2D eigenvalue weighted by molar-refractivity contribution is 6.58. The fraction of sp³-hybridized carbons (Fsp3) is 0.188. The van der Waals surface area contributed by atoms with Gasteiger partial charge in [-0.1, -0.05) is 30.3 Å². The molecule has 0 saturated heterocycles. The molecule has 0 aliphatic rings. The minimum Gasteiger partial charge on any atom is -0.423 e. The zero-order valence-corrected chi connectivity index (χ0v) is 12.5. The number of hydroxylamine groups is 1. The van der Waals surface area contributed by atoms with Crippen molar-refractivity contribution in [3.8, 4) is 0 Å². The number of hydrogen-bond acceptors (Lipinski definition) is 4. The lowest BCUT2D eigenvalue weighted by Crippen LogP contribution is -2.29. The van der Waals surface area contributed by atoms with Crippen molar-refractivity contribution in [1.82, 2.24) is 5.48 Å². The van der Waals surface area contributed by atoms with Gasteiger partial charge in [0.1, 0.15) is 0 Å². The van der Waals surface area contributed by atoms with E-state index in [1.165, 1.54) is 0 Å². The first-order valence-electron chi connectivity index (χ1n) is 6.91. The van der Waals surface area contributed by atoms with Crippen LogP contribution in [0.5, 0.6) is 0 Å². The summed E-state index contributed by atoms with van der Waals surface area (Å²) in [7, 11) is -1.49. The summed E-state index contributed by atoms with van der Waals surface area (Å²) in [6, 6.07) is 12.0. The SMILES string of the molecule is Cc1ccc(C(=O)NOCc2ccc(B(O)O)cc2)cc1C. The lowest BCUT2D eigenvalue weighted by Gasteiger charge is -2.08. The molecule has 22 heavy (non-hydrogen) atoms. The molecule has 3 N–H and O–H groups in total. The Bertz CT molecular complexity index is 656. The minimum absolute atomic E-state index is 0.193. The van der Waals surface area contributed by atoms with E-state index in [2.05, 4.69) is 5.48 Å². The van der Waals surface area contributed by atoms with E-state index in [1.807, 2.05) is 26.0 Å². The molecule has 0 aliphatic carbocycles. The van der Waals surface area contributed by atoms with Crippen LogP contribution in [0, 0.1) is 13.8 Å². The Balaban J connectivity index is 1.87. The predicted octanol–water partition coefficient (Wildman–Crippen LogP) is 0.845. The van der Waals surface area contributed by atoms with E-state index in [0.29, 0.717) is 11.0 Å². The maximum Gasteiger partial charge on any atom is 0.488 e. The molecule has 5 nitrogen and oxygen atoms in total. The van der Waals surface area contributed by atoms with Crippen LogP contribution >= 0.6 is 0 Å². The highest BCUT2D eigenvalue weighted by atomic mass is 16.6. The van der Waals surface area contributed by atoms with Crippen LogP contribution in [-0.2, 0) is 11.4 Å². The molecule has 2 aromatic rings. The lowest BCUT2D eigenvalue weighted by atomic mass is 9.80. The Morgan fingerprint density at radius 2 is 1.77 bits per heavy atom. The van der Waals surface area contributed by atoms with Crippen LogP contribution in [0.1, 0.15) is 27.0 Å². The number of benzene rings is 2. The number of hydrogen-bond donors (Lipinski definition) is 3. The van der Waals surface area contributed by atoms with E-state index in [4.69, 9.17) is 14.9 Å². The van der Waals surface area contributed by atoms with Crippen LogP contribution in [0.4, 0.5) is 0 Å². The van der Waals surface area contributed by atoms with Gasteiger partial charge in [-0.25, -0.2) is 5.48 Å². The van der Waals surface area contributed by atoms with E-state index in [1.54, 1.807) is 30.3 Å². The molecule has 6 heteroatoms. The first kappa shape index (κ1) is 16.2. The van der Waals surface area contributed by atoms with Crippen LogP contribution in [0.15, 0.2) is 42.5 Å². The normalized spacial score (nSPS) is 10.4. The molecule has 0 unspecified atom stereocenters. The van der Waals surface area contributed by atoms with Gasteiger partial charge in [0.2, 0.25) is 0 Å². The molecule has 0 atom stereocenters. The standard InChI is InChI=1S/C16H18BNO4/c1-11-3-6-14(9-12(11)2)16(19)18-22-10-13-4-7-15(8-5-13)17(20)21/h3-9,20-21H,10H2,1-2H3,(H,18,19). The molecule has 0 heterocycles. The number of rotatable bonds is 5. The van der Waals surface area contributed by atoms with Gasteiger partial charge in [-0.05, 0) is 48.1 Å². The van der Waals surface area contributed by atoms with Crippen molar-refractivity contribution in [3.05, 3.63) is 64.7 Å². The van der Waals surface area contributed by atoms with Gasteiger partial charge in [0.25, 0.3) is 5.91 Å². The minimum atomic E-state index is -1.49. The van der Waals surface area contributed by atoms with Crippen LogP contribution in [0.3, 0.4) is 0 Å². The summed E-state index contributed by atoms with van der Waals surface area (Å²) in [4.78, 5) is 17.1. The van der Waals surface area contributed by atoms with Crippen LogP contribution in [0.2, 0.25) is 0 Å². The molecule has 0 fully saturated rings. The smallest absolute Gasteiger partial charge is 0.423 e. The first-order valence-corrected chi connectivity index (χ1v) is 6.91. The van der Waals surface area contributed by atoms with Crippen LogP contribution < -0.4 is 10.9 Å². The van der Waals surface area contributed by atoms with Crippen molar-refractivity contribution in [3.63, 3.8) is 0 Å². The second-order valence-electron chi connectivity index (χ2n) is 5.13. The monoisotopic (exact) mass is 299 g/mol. The topological polar surface area (TPSA) is 78.8 Å². The van der Waals surface area contributed by atoms with Crippen molar-refractivity contribution < 1.29 is 19.7 Å². The molecule has 0 spiro atoms. The zero-order chi connectivity index (χ0) is 16.1. The molecule has 2 rings (SSSR count). The fourth-order valence-corrected chi connectivity index (χ4v) is 1.91. The lowest BCUT2D eigenvalue weighted by molar-refractivity contribution is 0.0233. The number of aryl methyl sites for hydroxylation is 2. The van der Waals surface area contributed by atoms with Gasteiger partial charge in [-0.15, -0.1) is 0 Å². The van der Waals surface area contributed by atoms with Gasteiger partial charge < -0.3 is 10.0 Å². The summed E-state index contributed by atoms with van der Waals surface area (Å²) in [6.45, 7) is 4.13. The Morgan fingerprint density at radius 1 is 1.09 bits per heavy atom. The van der Waals surface area contributed by atoms with Gasteiger partial charge in [0.15, 0.2) is 0 Å². The van der Waals surface area contributed by atoms with Crippen molar-refractivity contribution in [2.24, 2.45) is 0 Å². The average Bonchev–Trinajstić information content (AvgIpc) is 2.50. The maximum atomic E-state index is 11.9. The Labute approximate surface area is 129 Å². The van der Waals surface area contributed by atoms with Gasteiger partial charge in [-0.3, -0.25) is 9.63 Å². The maximum absolute atomic E-state index is 11.9. The molecule has 0 aromatic heterocycles. The zero-order valence-electron chi connectivity index (χ0n) is 12.5. The van der Waals surface area contributed by atoms with Crippen molar-refractivity contribution in [1.29, 1.82) is 0 Å². The molecule has 2 aromatic carbocycles. The number of amides is 1. The summed E-state index contributed by atoms with van der Waals surface area (Å²) < 4.78 is 0. The van der Waals surface area contributed by atoms with Gasteiger partial charge in [0, 0.05) is 5.56 Å². The third-order valence-corrected chi connectivity index (χ3v) is 3.45. The summed E-state index contributed by atoms with van der Waals surface area (Å²) in [5, 5.41) is 18.0. The van der Waals surface area contributed by atoms with E-state index in [9.17, 15) is 4.79 Å². The number of carbonyl (C=O) groups is 1. The van der Waals surface area contributed by atoms with E-state index >= 15 is 0 Å². The second kappa shape index (κ2) is 7.22. The molecule has 0 aliphatic heterocycles. The molecule has 0 bridgehead atoms. The summed E-state index contributed by atoms with van der Waals surface area (Å²) in [6.07, 6.45) is 0. The quantitative estimate of drug-likeness (QED) is 0.565. The summed E-state index contributed by atoms with van der Waals surface area (Å²) >= 11 is 0. The molecule has 0 radical (unpaired) electrons. The van der Waals surface area contributed by atoms with E-state index < -0.39 is 7.12 Å². The average molecular weight is 299 g/mol. The largest absolute Gasteiger partial charge is 0.488 e. The molecule has 1 amide bonds. The van der Waals surface area contributed by atoms with Crippen molar-refractivity contribution >= 4 is 18.5 Å². The van der Waals surface area contributed by atoms with Crippen molar-refractivity contribution in [2.75, 3.05) is 0 Å². The number of nitrogens with one attached hydrogen (secondary N) is 1. The number of carbonyl (C=O) groups excluding carboxylic acids is 1. The Hall–Kier alpha value is -2.15. The molecule has 114 valence electrons. The third kappa shape index (κ3) is 4.18. The van der Waals surface area contributed by atoms with Crippen molar-refractivity contribution in [2.45, 2.75) is 20.5 Å². The van der Waals surface area contributed by atoms with E-state index in [-0.39, 0.29) is 12.5 Å².